The van der Waals surface area contributed by atoms with Gasteiger partial charge in [-0.05, 0) is 26.0 Å². The van der Waals surface area contributed by atoms with Gasteiger partial charge in [0.2, 0.25) is 5.78 Å². The molecule has 0 aliphatic rings. The molecule has 88 valence electrons. The molecule has 2 aromatic rings. The van der Waals surface area contributed by atoms with Crippen LogP contribution in [0.3, 0.4) is 0 Å². The van der Waals surface area contributed by atoms with Gasteiger partial charge < -0.3 is 4.74 Å². The first-order valence-electron chi connectivity index (χ1n) is 5.35. The Morgan fingerprint density at radius 2 is 1.76 bits per heavy atom. The smallest absolute Gasteiger partial charge is 0.203 e. The molecule has 1 aromatic heterocycles. The predicted molar refractivity (Wildman–Crippen MR) is 70.2 cm³/mol. The Hall–Kier alpha value is -1.61. The minimum atomic E-state index is 0.0603. The molecule has 0 aliphatic heterocycles. The van der Waals surface area contributed by atoms with Gasteiger partial charge in [-0.1, -0.05) is 17.2 Å². The Labute approximate surface area is 105 Å². The average molecular weight is 246 g/mol. The second-order valence-corrected chi connectivity index (χ2v) is 4.97. The minimum Gasteiger partial charge on any atom is -0.496 e. The van der Waals surface area contributed by atoms with Crippen molar-refractivity contribution in [2.24, 2.45) is 0 Å². The Kier molecular flexibility index (Phi) is 3.29. The van der Waals surface area contributed by atoms with Crippen molar-refractivity contribution in [2.75, 3.05) is 7.11 Å². The zero-order valence-electron chi connectivity index (χ0n) is 10.1. The van der Waals surface area contributed by atoms with Crippen LogP contribution < -0.4 is 4.74 Å². The maximum Gasteiger partial charge on any atom is 0.203 e. The van der Waals surface area contributed by atoms with Crippen LogP contribution >= 0.6 is 11.3 Å². The highest BCUT2D eigenvalue weighted by Crippen LogP contribution is 2.24. The van der Waals surface area contributed by atoms with Crippen molar-refractivity contribution in [3.63, 3.8) is 0 Å². The lowest BCUT2D eigenvalue weighted by Gasteiger charge is -2.02. The van der Waals surface area contributed by atoms with E-state index in [0.29, 0.717) is 4.88 Å². The number of ketones is 1. The highest BCUT2D eigenvalue weighted by Gasteiger charge is 2.12. The fraction of sp³-hybridized carbons (Fsp3) is 0.214. The Balaban J connectivity index is 2.36. The van der Waals surface area contributed by atoms with Gasteiger partial charge >= 0.3 is 0 Å². The first-order chi connectivity index (χ1) is 8.10. The van der Waals surface area contributed by atoms with Crippen LogP contribution in [0.5, 0.6) is 5.75 Å². The van der Waals surface area contributed by atoms with Crippen LogP contribution in [0.25, 0.3) is 0 Å². The monoisotopic (exact) mass is 246 g/mol. The molecule has 0 amide bonds. The molecule has 0 spiro atoms. The van der Waals surface area contributed by atoms with Crippen LogP contribution in [-0.4, -0.2) is 12.9 Å². The molecule has 2 nitrogen and oxygen atoms in total. The van der Waals surface area contributed by atoms with E-state index in [2.05, 4.69) is 6.07 Å². The highest BCUT2D eigenvalue weighted by molar-refractivity contribution is 7.12. The van der Waals surface area contributed by atoms with E-state index in [1.54, 1.807) is 13.2 Å². The van der Waals surface area contributed by atoms with Crippen LogP contribution in [0, 0.1) is 13.8 Å². The van der Waals surface area contributed by atoms with Crippen molar-refractivity contribution in [2.45, 2.75) is 13.8 Å². The molecule has 17 heavy (non-hydrogen) atoms. The largest absolute Gasteiger partial charge is 0.496 e. The van der Waals surface area contributed by atoms with Crippen LogP contribution in [-0.2, 0) is 0 Å². The number of carbonyl (C=O) groups excluding carboxylic acids is 1. The molecule has 2 rings (SSSR count). The number of hydrogen-bond donors (Lipinski definition) is 0. The molecule has 0 unspecified atom stereocenters. The van der Waals surface area contributed by atoms with Crippen molar-refractivity contribution >= 4 is 17.1 Å². The van der Waals surface area contributed by atoms with E-state index < -0.39 is 0 Å². The number of thiophene rings is 1. The number of aryl methyl sites for hydroxylation is 2. The second-order valence-electron chi connectivity index (χ2n) is 4.06. The zero-order valence-corrected chi connectivity index (χ0v) is 10.9. The lowest BCUT2D eigenvalue weighted by molar-refractivity contribution is 0.104. The molecule has 0 N–H and O–H groups in total. The number of benzene rings is 1. The maximum atomic E-state index is 12.2. The third-order valence-electron chi connectivity index (χ3n) is 2.52. The number of carbonyl (C=O) groups is 1. The summed E-state index contributed by atoms with van der Waals surface area (Å²) in [7, 11) is 1.60. The Bertz CT molecular complexity index is 535. The van der Waals surface area contributed by atoms with E-state index in [1.807, 2.05) is 31.4 Å². The van der Waals surface area contributed by atoms with E-state index in [0.717, 1.165) is 22.4 Å². The Morgan fingerprint density at radius 3 is 2.29 bits per heavy atom. The first kappa shape index (κ1) is 11.9. The van der Waals surface area contributed by atoms with Crippen molar-refractivity contribution in [3.8, 4) is 5.75 Å². The van der Waals surface area contributed by atoms with E-state index >= 15 is 0 Å². The molecule has 0 atom stereocenters. The van der Waals surface area contributed by atoms with Gasteiger partial charge in [0.1, 0.15) is 5.75 Å². The third-order valence-corrected chi connectivity index (χ3v) is 3.43. The summed E-state index contributed by atoms with van der Waals surface area (Å²) < 4.78 is 5.09. The molecule has 0 fully saturated rings. The molecule has 0 radical (unpaired) electrons. The van der Waals surface area contributed by atoms with Crippen molar-refractivity contribution in [3.05, 3.63) is 51.2 Å². The molecule has 0 aliphatic carbocycles. The van der Waals surface area contributed by atoms with Crippen molar-refractivity contribution in [1.29, 1.82) is 0 Å². The van der Waals surface area contributed by atoms with Crippen LogP contribution in [0.4, 0.5) is 0 Å². The summed E-state index contributed by atoms with van der Waals surface area (Å²) in [6, 6.07) is 7.68. The summed E-state index contributed by atoms with van der Waals surface area (Å²) in [5.74, 6) is 0.799. The SMILES string of the molecule is COc1csc(C(=O)c2cc(C)cc(C)c2)c1. The van der Waals surface area contributed by atoms with E-state index in [-0.39, 0.29) is 5.78 Å². The van der Waals surface area contributed by atoms with Crippen LogP contribution in [0.1, 0.15) is 26.4 Å². The van der Waals surface area contributed by atoms with Gasteiger partial charge in [0, 0.05) is 17.0 Å². The summed E-state index contributed by atoms with van der Waals surface area (Å²) in [4.78, 5) is 12.9. The molecular weight excluding hydrogens is 232 g/mol. The summed E-state index contributed by atoms with van der Waals surface area (Å²) in [5, 5.41) is 1.84. The van der Waals surface area contributed by atoms with E-state index in [1.165, 1.54) is 11.3 Å². The minimum absolute atomic E-state index is 0.0603. The third kappa shape index (κ3) is 2.56. The number of ether oxygens (including phenoxy) is 1. The van der Waals surface area contributed by atoms with Crippen molar-refractivity contribution < 1.29 is 9.53 Å². The fourth-order valence-corrected chi connectivity index (χ4v) is 2.61. The van der Waals surface area contributed by atoms with Crippen molar-refractivity contribution in [1.82, 2.24) is 0 Å². The quantitative estimate of drug-likeness (QED) is 0.773. The standard InChI is InChI=1S/C14H14O2S/c1-9-4-10(2)6-11(5-9)14(15)13-7-12(16-3)8-17-13/h4-8H,1-3H3. The Morgan fingerprint density at radius 1 is 1.12 bits per heavy atom. The molecular formula is C14H14O2S. The van der Waals surface area contributed by atoms with Gasteiger partial charge in [0.25, 0.3) is 0 Å². The van der Waals surface area contributed by atoms with Crippen LogP contribution in [0.2, 0.25) is 0 Å². The molecule has 1 heterocycles. The molecule has 0 saturated carbocycles. The maximum absolute atomic E-state index is 12.2. The lowest BCUT2D eigenvalue weighted by Crippen LogP contribution is -1.99. The summed E-state index contributed by atoms with van der Waals surface area (Å²) in [6.45, 7) is 4.00. The fourth-order valence-electron chi connectivity index (χ4n) is 1.79. The lowest BCUT2D eigenvalue weighted by atomic mass is 10.0. The van der Waals surface area contributed by atoms with Gasteiger partial charge in [0.15, 0.2) is 0 Å². The van der Waals surface area contributed by atoms with Gasteiger partial charge in [0.05, 0.1) is 12.0 Å². The topological polar surface area (TPSA) is 26.3 Å². The van der Waals surface area contributed by atoms with Gasteiger partial charge in [-0.15, -0.1) is 11.3 Å². The first-order valence-corrected chi connectivity index (χ1v) is 6.23. The van der Waals surface area contributed by atoms with Gasteiger partial charge in [-0.25, -0.2) is 0 Å². The summed E-state index contributed by atoms with van der Waals surface area (Å²) in [5.41, 5.74) is 2.96. The summed E-state index contributed by atoms with van der Waals surface area (Å²) in [6.07, 6.45) is 0. The average Bonchev–Trinajstić information content (AvgIpc) is 2.75. The zero-order chi connectivity index (χ0) is 12.4. The van der Waals surface area contributed by atoms with Gasteiger partial charge in [-0.3, -0.25) is 4.79 Å². The molecule has 1 aromatic carbocycles. The van der Waals surface area contributed by atoms with Crippen LogP contribution in [0.15, 0.2) is 29.6 Å². The molecule has 0 saturated heterocycles. The van der Waals surface area contributed by atoms with E-state index in [4.69, 9.17) is 4.74 Å². The normalized spacial score (nSPS) is 10.3. The number of rotatable bonds is 3. The second kappa shape index (κ2) is 4.72. The van der Waals surface area contributed by atoms with E-state index in [9.17, 15) is 4.79 Å². The molecule has 3 heteroatoms. The molecule has 0 bridgehead atoms. The number of methoxy groups -OCH3 is 1. The predicted octanol–water partition coefficient (Wildman–Crippen LogP) is 3.60. The van der Waals surface area contributed by atoms with Gasteiger partial charge in [-0.2, -0.15) is 0 Å². The highest BCUT2D eigenvalue weighted by atomic mass is 32.1. The summed E-state index contributed by atoms with van der Waals surface area (Å²) >= 11 is 1.41. The number of hydrogen-bond acceptors (Lipinski definition) is 3.